The molecule has 0 saturated heterocycles. The van der Waals surface area contributed by atoms with Crippen LogP contribution < -0.4 is 5.32 Å². The molecule has 4 aromatic rings. The first-order chi connectivity index (χ1) is 15.1. The lowest BCUT2D eigenvalue weighted by molar-refractivity contribution is 0.0697. The highest BCUT2D eigenvalue weighted by Crippen LogP contribution is 2.44. The van der Waals surface area contributed by atoms with E-state index in [0.717, 1.165) is 21.9 Å². The van der Waals surface area contributed by atoms with Gasteiger partial charge in [-0.1, -0.05) is 60.7 Å². The molecular weight excluding hydrogens is 390 g/mol. The Labute approximate surface area is 178 Å². The summed E-state index contributed by atoms with van der Waals surface area (Å²) in [5, 5.41) is 13.5. The summed E-state index contributed by atoms with van der Waals surface area (Å²) in [4.78, 5) is 23.6. The van der Waals surface area contributed by atoms with Gasteiger partial charge in [-0.25, -0.2) is 9.59 Å². The molecule has 1 aliphatic carbocycles. The maximum absolute atomic E-state index is 12.5. The maximum atomic E-state index is 12.5. The van der Waals surface area contributed by atoms with Crippen LogP contribution in [0.3, 0.4) is 0 Å². The molecule has 1 aliphatic rings. The molecule has 1 amide bonds. The van der Waals surface area contributed by atoms with Gasteiger partial charge < -0.3 is 9.84 Å². The van der Waals surface area contributed by atoms with Crippen molar-refractivity contribution in [2.75, 3.05) is 11.9 Å². The number of benzene rings is 4. The fraction of sp³-hybridized carbons (Fsp3) is 0.0769. The number of hydrogen-bond donors (Lipinski definition) is 2. The molecule has 0 radical (unpaired) electrons. The number of carbonyl (C=O) groups is 2. The first-order valence-electron chi connectivity index (χ1n) is 9.99. The number of carboxylic acids is 1. The number of carboxylic acid groups (broad SMARTS) is 1. The summed E-state index contributed by atoms with van der Waals surface area (Å²) in [6.07, 6.45) is -0.525. The van der Waals surface area contributed by atoms with Crippen molar-refractivity contribution >= 4 is 28.5 Å². The van der Waals surface area contributed by atoms with Crippen LogP contribution in [-0.4, -0.2) is 23.8 Å². The monoisotopic (exact) mass is 409 g/mol. The van der Waals surface area contributed by atoms with E-state index in [1.807, 2.05) is 24.3 Å². The number of aromatic carboxylic acids is 1. The Kier molecular flexibility index (Phi) is 4.64. The van der Waals surface area contributed by atoms with Crippen LogP contribution in [0.5, 0.6) is 0 Å². The van der Waals surface area contributed by atoms with Crippen LogP contribution in [0.15, 0.2) is 84.9 Å². The zero-order valence-corrected chi connectivity index (χ0v) is 16.5. The number of hydrogen-bond acceptors (Lipinski definition) is 3. The van der Waals surface area contributed by atoms with Crippen LogP contribution >= 0.6 is 0 Å². The lowest BCUT2D eigenvalue weighted by Crippen LogP contribution is -2.17. The molecule has 4 aromatic carbocycles. The van der Waals surface area contributed by atoms with Crippen LogP contribution in [0.1, 0.15) is 27.4 Å². The van der Waals surface area contributed by atoms with Gasteiger partial charge in [-0.3, -0.25) is 5.32 Å². The van der Waals surface area contributed by atoms with Gasteiger partial charge in [-0.15, -0.1) is 0 Å². The average molecular weight is 409 g/mol. The Morgan fingerprint density at radius 2 is 1.42 bits per heavy atom. The highest BCUT2D eigenvalue weighted by molar-refractivity contribution is 5.96. The molecule has 5 rings (SSSR count). The van der Waals surface area contributed by atoms with Crippen molar-refractivity contribution < 1.29 is 19.4 Å². The van der Waals surface area contributed by atoms with Crippen LogP contribution in [-0.2, 0) is 4.74 Å². The van der Waals surface area contributed by atoms with Crippen LogP contribution in [0.25, 0.3) is 21.9 Å². The molecule has 5 heteroatoms. The first-order valence-corrected chi connectivity index (χ1v) is 9.99. The van der Waals surface area contributed by atoms with E-state index in [1.165, 1.54) is 11.1 Å². The predicted octanol–water partition coefficient (Wildman–Crippen LogP) is 5.90. The molecule has 0 atom stereocenters. The number of ether oxygens (including phenoxy) is 1. The largest absolute Gasteiger partial charge is 0.478 e. The van der Waals surface area contributed by atoms with Gasteiger partial charge in [0.05, 0.1) is 5.56 Å². The fourth-order valence-corrected chi connectivity index (χ4v) is 4.21. The third-order valence-electron chi connectivity index (χ3n) is 5.68. The number of amides is 1. The zero-order valence-electron chi connectivity index (χ0n) is 16.5. The second kappa shape index (κ2) is 7.61. The molecule has 0 saturated carbocycles. The van der Waals surface area contributed by atoms with Gasteiger partial charge in [0.15, 0.2) is 0 Å². The minimum absolute atomic E-state index is 0.00388. The SMILES string of the molecule is O=C(Nc1ccc2cc(C(=O)O)ccc2c1)OCC1c2ccccc2-c2ccccc21. The number of rotatable bonds is 4. The second-order valence-electron chi connectivity index (χ2n) is 7.53. The summed E-state index contributed by atoms with van der Waals surface area (Å²) in [6.45, 7) is 0.245. The van der Waals surface area contributed by atoms with E-state index in [0.29, 0.717) is 5.69 Å². The molecular formula is C26H19NO4. The molecule has 2 N–H and O–H groups in total. The lowest BCUT2D eigenvalue weighted by Gasteiger charge is -2.14. The number of anilines is 1. The van der Waals surface area contributed by atoms with Crippen molar-refractivity contribution in [2.45, 2.75) is 5.92 Å². The van der Waals surface area contributed by atoms with Gasteiger partial charge in [0.1, 0.15) is 6.61 Å². The third kappa shape index (κ3) is 3.51. The van der Waals surface area contributed by atoms with Gasteiger partial charge in [-0.05, 0) is 57.3 Å². The second-order valence-corrected chi connectivity index (χ2v) is 7.53. The third-order valence-corrected chi connectivity index (χ3v) is 5.68. The van der Waals surface area contributed by atoms with E-state index in [1.54, 1.807) is 36.4 Å². The topological polar surface area (TPSA) is 75.6 Å². The Balaban J connectivity index is 1.30. The normalized spacial score (nSPS) is 12.3. The summed E-state index contributed by atoms with van der Waals surface area (Å²) in [5.74, 6) is -0.966. The molecule has 0 aliphatic heterocycles. The minimum Gasteiger partial charge on any atom is -0.478 e. The van der Waals surface area contributed by atoms with Gasteiger partial charge in [0, 0.05) is 11.6 Å². The fourth-order valence-electron chi connectivity index (χ4n) is 4.21. The Morgan fingerprint density at radius 1 is 0.806 bits per heavy atom. The first kappa shape index (κ1) is 18.9. The van der Waals surface area contributed by atoms with Gasteiger partial charge in [-0.2, -0.15) is 0 Å². The number of fused-ring (bicyclic) bond motifs is 4. The van der Waals surface area contributed by atoms with Crippen molar-refractivity contribution in [1.82, 2.24) is 0 Å². The quantitative estimate of drug-likeness (QED) is 0.440. The smallest absolute Gasteiger partial charge is 0.411 e. The van der Waals surface area contributed by atoms with E-state index in [2.05, 4.69) is 29.6 Å². The van der Waals surface area contributed by atoms with Gasteiger partial charge in [0.25, 0.3) is 0 Å². The van der Waals surface area contributed by atoms with E-state index >= 15 is 0 Å². The average Bonchev–Trinajstić information content (AvgIpc) is 3.11. The van der Waals surface area contributed by atoms with Crippen molar-refractivity contribution in [3.8, 4) is 11.1 Å². The molecule has 0 fully saturated rings. The van der Waals surface area contributed by atoms with Crippen molar-refractivity contribution in [1.29, 1.82) is 0 Å². The zero-order chi connectivity index (χ0) is 21.4. The molecule has 0 aromatic heterocycles. The molecule has 152 valence electrons. The molecule has 0 heterocycles. The Morgan fingerprint density at radius 3 is 2.10 bits per heavy atom. The van der Waals surface area contributed by atoms with Crippen molar-refractivity contribution in [3.63, 3.8) is 0 Å². The lowest BCUT2D eigenvalue weighted by atomic mass is 9.98. The van der Waals surface area contributed by atoms with E-state index < -0.39 is 12.1 Å². The highest BCUT2D eigenvalue weighted by atomic mass is 16.5. The van der Waals surface area contributed by atoms with Crippen LogP contribution in [0.2, 0.25) is 0 Å². The standard InChI is InChI=1S/C26H19NO4/c28-25(29)18-10-9-17-14-19(12-11-16(17)13-18)27-26(30)31-15-24-22-7-3-1-5-20(22)21-6-2-4-8-23(21)24/h1-14,24H,15H2,(H,27,30)(H,28,29). The summed E-state index contributed by atoms with van der Waals surface area (Å²) >= 11 is 0. The molecule has 31 heavy (non-hydrogen) atoms. The Bertz CT molecular complexity index is 1280. The van der Waals surface area contributed by atoms with E-state index in [-0.39, 0.29) is 18.1 Å². The summed E-state index contributed by atoms with van der Waals surface area (Å²) < 4.78 is 5.58. The van der Waals surface area contributed by atoms with Crippen molar-refractivity contribution in [3.05, 3.63) is 102 Å². The molecule has 0 unspecified atom stereocenters. The highest BCUT2D eigenvalue weighted by Gasteiger charge is 2.29. The summed E-state index contributed by atoms with van der Waals surface area (Å²) in [5.41, 5.74) is 5.51. The summed E-state index contributed by atoms with van der Waals surface area (Å²) in [7, 11) is 0. The van der Waals surface area contributed by atoms with E-state index in [9.17, 15) is 9.59 Å². The predicted molar refractivity (Wildman–Crippen MR) is 120 cm³/mol. The van der Waals surface area contributed by atoms with Crippen molar-refractivity contribution in [2.24, 2.45) is 0 Å². The minimum atomic E-state index is -0.970. The van der Waals surface area contributed by atoms with Gasteiger partial charge in [0.2, 0.25) is 0 Å². The molecule has 5 nitrogen and oxygen atoms in total. The van der Waals surface area contributed by atoms with Gasteiger partial charge >= 0.3 is 12.1 Å². The van der Waals surface area contributed by atoms with E-state index in [4.69, 9.17) is 9.84 Å². The summed E-state index contributed by atoms with van der Waals surface area (Å²) in [6, 6.07) is 26.6. The molecule has 0 bridgehead atoms. The van der Waals surface area contributed by atoms with Crippen LogP contribution in [0.4, 0.5) is 10.5 Å². The number of nitrogens with one attached hydrogen (secondary N) is 1. The number of carbonyl (C=O) groups excluding carboxylic acids is 1. The van der Waals surface area contributed by atoms with Crippen LogP contribution in [0, 0.1) is 0 Å². The molecule has 0 spiro atoms. The Hall–Kier alpha value is -4.12. The maximum Gasteiger partial charge on any atom is 0.411 e.